The summed E-state index contributed by atoms with van der Waals surface area (Å²) < 4.78 is 0. The molecule has 0 unspecified atom stereocenters. The third-order valence-corrected chi connectivity index (χ3v) is 4.56. The Kier molecular flexibility index (Phi) is 4.39. The molecule has 4 rings (SSSR count). The second kappa shape index (κ2) is 6.98. The molecule has 0 saturated heterocycles. The number of para-hydroxylation sites is 1. The van der Waals surface area contributed by atoms with E-state index in [0.717, 1.165) is 40.2 Å². The molecule has 4 aromatic rings. The van der Waals surface area contributed by atoms with E-state index in [2.05, 4.69) is 32.1 Å². The number of fused-ring (bicyclic) bond motifs is 1. The Morgan fingerprint density at radius 1 is 1.00 bits per heavy atom. The van der Waals surface area contributed by atoms with Crippen LogP contribution in [0.5, 0.6) is 0 Å². The number of hydrogen-bond acceptors (Lipinski definition) is 6. The molecule has 0 aliphatic rings. The number of rotatable bonds is 5. The van der Waals surface area contributed by atoms with Gasteiger partial charge < -0.3 is 0 Å². The lowest BCUT2D eigenvalue weighted by Gasteiger charge is -2.07. The quantitative estimate of drug-likeness (QED) is 0.551. The summed E-state index contributed by atoms with van der Waals surface area (Å²) >= 11 is 1.45. The summed E-state index contributed by atoms with van der Waals surface area (Å²) in [6.45, 7) is 2.12. The highest BCUT2D eigenvalue weighted by Gasteiger charge is 2.13. The number of aryl methyl sites for hydroxylation is 1. The molecule has 1 N–H and O–H groups in total. The smallest absolute Gasteiger partial charge is 0.214 e. The van der Waals surface area contributed by atoms with Gasteiger partial charge in [0.05, 0.1) is 5.52 Å². The van der Waals surface area contributed by atoms with Crippen molar-refractivity contribution in [1.82, 2.24) is 30.1 Å². The first-order chi connectivity index (χ1) is 12.3. The van der Waals surface area contributed by atoms with Crippen LogP contribution >= 0.6 is 11.8 Å². The normalized spacial score (nSPS) is 11.1. The molecule has 0 aliphatic heterocycles. The Labute approximate surface area is 149 Å². The van der Waals surface area contributed by atoms with Gasteiger partial charge in [0.2, 0.25) is 5.16 Å². The van der Waals surface area contributed by atoms with Gasteiger partial charge in [-0.3, -0.25) is 10.1 Å². The zero-order valence-corrected chi connectivity index (χ0v) is 14.5. The average Bonchev–Trinajstić information content (AvgIpc) is 3.10. The number of aromatic amines is 1. The SMILES string of the molecule is CCCc1nc(Sc2nc(-c3ccncc3)nc3ccccc23)n[nH]1. The van der Waals surface area contributed by atoms with Crippen LogP contribution < -0.4 is 0 Å². The first-order valence-corrected chi connectivity index (χ1v) is 8.91. The maximum absolute atomic E-state index is 4.75. The zero-order chi connectivity index (χ0) is 17.1. The van der Waals surface area contributed by atoms with Crippen molar-refractivity contribution in [2.75, 3.05) is 0 Å². The minimum absolute atomic E-state index is 0.674. The fourth-order valence-corrected chi connectivity index (χ4v) is 3.35. The first-order valence-electron chi connectivity index (χ1n) is 8.10. The van der Waals surface area contributed by atoms with E-state index in [9.17, 15) is 0 Å². The van der Waals surface area contributed by atoms with Crippen LogP contribution in [0.15, 0.2) is 59.0 Å². The third-order valence-electron chi connectivity index (χ3n) is 3.69. The largest absolute Gasteiger partial charge is 0.265 e. The summed E-state index contributed by atoms with van der Waals surface area (Å²) in [6, 6.07) is 11.8. The summed E-state index contributed by atoms with van der Waals surface area (Å²) in [5.74, 6) is 1.57. The van der Waals surface area contributed by atoms with Crippen LogP contribution in [0.3, 0.4) is 0 Å². The number of benzene rings is 1. The van der Waals surface area contributed by atoms with Gasteiger partial charge >= 0.3 is 0 Å². The van der Waals surface area contributed by atoms with Gasteiger partial charge in [-0.25, -0.2) is 15.0 Å². The summed E-state index contributed by atoms with van der Waals surface area (Å²) in [6.07, 6.45) is 5.41. The standard InChI is InChI=1S/C18H16N6S/c1-2-5-15-21-18(24-23-15)25-17-13-6-3-4-7-14(13)20-16(22-17)12-8-10-19-11-9-12/h3-4,6-11H,2,5H2,1H3,(H,21,23,24). The van der Waals surface area contributed by atoms with Gasteiger partial charge in [-0.05, 0) is 36.4 Å². The van der Waals surface area contributed by atoms with Crippen molar-refractivity contribution < 1.29 is 0 Å². The van der Waals surface area contributed by atoms with Gasteiger partial charge in [-0.1, -0.05) is 25.1 Å². The molecule has 0 bridgehead atoms. The van der Waals surface area contributed by atoms with Crippen LogP contribution in [-0.2, 0) is 6.42 Å². The summed E-state index contributed by atoms with van der Waals surface area (Å²) in [5.41, 5.74) is 1.83. The molecule has 0 amide bonds. The fourth-order valence-electron chi connectivity index (χ4n) is 2.51. The molecule has 0 radical (unpaired) electrons. The van der Waals surface area contributed by atoms with Crippen molar-refractivity contribution >= 4 is 22.7 Å². The first kappa shape index (κ1) is 15.7. The molecule has 3 heterocycles. The van der Waals surface area contributed by atoms with Crippen LogP contribution in [0, 0.1) is 0 Å². The van der Waals surface area contributed by atoms with E-state index < -0.39 is 0 Å². The predicted molar refractivity (Wildman–Crippen MR) is 97.3 cm³/mol. The van der Waals surface area contributed by atoms with Crippen molar-refractivity contribution in [3.05, 3.63) is 54.6 Å². The van der Waals surface area contributed by atoms with Gasteiger partial charge in [0.15, 0.2) is 5.82 Å². The molecule has 3 aromatic heterocycles. The van der Waals surface area contributed by atoms with Gasteiger partial charge in [0, 0.05) is 29.8 Å². The molecule has 0 atom stereocenters. The van der Waals surface area contributed by atoms with E-state index in [1.807, 2.05) is 36.4 Å². The molecule has 25 heavy (non-hydrogen) atoms. The Morgan fingerprint density at radius 2 is 1.84 bits per heavy atom. The van der Waals surface area contributed by atoms with Crippen LogP contribution in [0.4, 0.5) is 0 Å². The van der Waals surface area contributed by atoms with Gasteiger partial charge in [0.25, 0.3) is 0 Å². The number of hydrogen-bond donors (Lipinski definition) is 1. The van der Waals surface area contributed by atoms with Crippen molar-refractivity contribution in [2.45, 2.75) is 29.9 Å². The number of aromatic nitrogens is 6. The highest BCUT2D eigenvalue weighted by atomic mass is 32.2. The lowest BCUT2D eigenvalue weighted by molar-refractivity contribution is 0.840. The molecule has 124 valence electrons. The lowest BCUT2D eigenvalue weighted by Crippen LogP contribution is -1.94. The predicted octanol–water partition coefficient (Wildman–Crippen LogP) is 3.91. The second-order valence-electron chi connectivity index (χ2n) is 5.52. The van der Waals surface area contributed by atoms with Gasteiger partial charge in [-0.2, -0.15) is 0 Å². The Morgan fingerprint density at radius 3 is 2.68 bits per heavy atom. The molecule has 0 saturated carbocycles. The highest BCUT2D eigenvalue weighted by molar-refractivity contribution is 7.99. The van der Waals surface area contributed by atoms with Crippen LogP contribution in [0.25, 0.3) is 22.3 Å². The molecule has 0 aliphatic carbocycles. The fraction of sp³-hybridized carbons (Fsp3) is 0.167. The molecule has 0 spiro atoms. The van der Waals surface area contributed by atoms with E-state index >= 15 is 0 Å². The molecular weight excluding hydrogens is 332 g/mol. The monoisotopic (exact) mass is 348 g/mol. The van der Waals surface area contributed by atoms with Crippen LogP contribution in [0.1, 0.15) is 19.2 Å². The van der Waals surface area contributed by atoms with Crippen LogP contribution in [0.2, 0.25) is 0 Å². The zero-order valence-electron chi connectivity index (χ0n) is 13.7. The Bertz CT molecular complexity index is 999. The molecule has 6 nitrogen and oxygen atoms in total. The van der Waals surface area contributed by atoms with Crippen molar-refractivity contribution in [3.8, 4) is 11.4 Å². The number of nitrogens with one attached hydrogen (secondary N) is 1. The summed E-state index contributed by atoms with van der Waals surface area (Å²) in [4.78, 5) is 18.0. The third kappa shape index (κ3) is 3.36. The maximum Gasteiger partial charge on any atom is 0.214 e. The van der Waals surface area contributed by atoms with Gasteiger partial charge in [0.1, 0.15) is 10.9 Å². The topological polar surface area (TPSA) is 80.2 Å². The molecule has 1 aromatic carbocycles. The molecular formula is C18H16N6S. The van der Waals surface area contributed by atoms with Crippen molar-refractivity contribution in [2.24, 2.45) is 0 Å². The summed E-state index contributed by atoms with van der Waals surface area (Å²) in [7, 11) is 0. The number of nitrogens with zero attached hydrogens (tertiary/aromatic N) is 5. The van der Waals surface area contributed by atoms with Crippen molar-refractivity contribution in [1.29, 1.82) is 0 Å². The van der Waals surface area contributed by atoms with E-state index in [0.29, 0.717) is 11.0 Å². The minimum atomic E-state index is 0.674. The number of H-pyrrole nitrogens is 1. The highest BCUT2D eigenvalue weighted by Crippen LogP contribution is 2.31. The number of pyridine rings is 1. The van der Waals surface area contributed by atoms with Gasteiger partial charge in [-0.15, -0.1) is 5.10 Å². The van der Waals surface area contributed by atoms with Crippen LogP contribution in [-0.4, -0.2) is 30.1 Å². The average molecular weight is 348 g/mol. The summed E-state index contributed by atoms with van der Waals surface area (Å²) in [5, 5.41) is 9.80. The van der Waals surface area contributed by atoms with E-state index in [-0.39, 0.29) is 0 Å². The molecule has 7 heteroatoms. The van der Waals surface area contributed by atoms with E-state index in [1.54, 1.807) is 12.4 Å². The minimum Gasteiger partial charge on any atom is -0.265 e. The Hall–Kier alpha value is -2.80. The lowest BCUT2D eigenvalue weighted by atomic mass is 10.2. The second-order valence-corrected chi connectivity index (χ2v) is 6.48. The maximum atomic E-state index is 4.75. The Balaban J connectivity index is 1.78. The molecule has 0 fully saturated rings. The van der Waals surface area contributed by atoms with E-state index in [4.69, 9.17) is 4.98 Å². The van der Waals surface area contributed by atoms with E-state index in [1.165, 1.54) is 11.8 Å². The van der Waals surface area contributed by atoms with Crippen molar-refractivity contribution in [3.63, 3.8) is 0 Å².